The van der Waals surface area contributed by atoms with Gasteiger partial charge in [0.1, 0.15) is 17.3 Å². The number of hydrogen-bond acceptors (Lipinski definition) is 4. The molecular formula is C15H17Cl2N3O. The largest absolute Gasteiger partial charge is 0.454 e. The summed E-state index contributed by atoms with van der Waals surface area (Å²) in [6.07, 6.45) is 1.68. The van der Waals surface area contributed by atoms with Crippen molar-refractivity contribution in [2.75, 3.05) is 7.05 Å². The summed E-state index contributed by atoms with van der Waals surface area (Å²) < 4.78 is 5.82. The number of nitrogens with one attached hydrogen (secondary N) is 1. The van der Waals surface area contributed by atoms with E-state index in [4.69, 9.17) is 27.9 Å². The molecule has 0 saturated heterocycles. The lowest BCUT2D eigenvalue weighted by atomic mass is 10.2. The van der Waals surface area contributed by atoms with E-state index in [2.05, 4.69) is 29.1 Å². The van der Waals surface area contributed by atoms with Crippen molar-refractivity contribution in [1.82, 2.24) is 15.3 Å². The molecule has 0 unspecified atom stereocenters. The highest BCUT2D eigenvalue weighted by atomic mass is 35.5. The topological polar surface area (TPSA) is 47.0 Å². The molecule has 21 heavy (non-hydrogen) atoms. The Hall–Kier alpha value is -1.36. The van der Waals surface area contributed by atoms with Gasteiger partial charge in [-0.2, -0.15) is 0 Å². The molecule has 4 nitrogen and oxygen atoms in total. The second-order valence-corrected chi connectivity index (χ2v) is 5.80. The minimum Gasteiger partial charge on any atom is -0.454 e. The fourth-order valence-corrected chi connectivity index (χ4v) is 2.30. The summed E-state index contributed by atoms with van der Waals surface area (Å²) in [5.74, 6) is 2.20. The first-order valence-electron chi connectivity index (χ1n) is 6.64. The molecule has 6 heteroatoms. The average molecular weight is 326 g/mol. The molecule has 0 amide bonds. The molecule has 1 heterocycles. The summed E-state index contributed by atoms with van der Waals surface area (Å²) in [6, 6.07) is 5.06. The third kappa shape index (κ3) is 4.30. The third-order valence-electron chi connectivity index (χ3n) is 2.77. The van der Waals surface area contributed by atoms with Gasteiger partial charge in [-0.15, -0.1) is 0 Å². The Balaban J connectivity index is 2.33. The molecule has 2 rings (SSSR count). The molecule has 0 aliphatic rings. The average Bonchev–Trinajstić information content (AvgIpc) is 2.39. The van der Waals surface area contributed by atoms with Crippen LogP contribution in [0.15, 0.2) is 24.4 Å². The molecule has 0 fully saturated rings. The predicted molar refractivity (Wildman–Crippen MR) is 85.4 cm³/mol. The van der Waals surface area contributed by atoms with Crippen LogP contribution in [0.25, 0.3) is 0 Å². The Kier molecular flexibility index (Phi) is 5.39. The van der Waals surface area contributed by atoms with Gasteiger partial charge < -0.3 is 10.1 Å². The molecule has 1 aromatic heterocycles. The molecule has 0 radical (unpaired) electrons. The highest BCUT2D eigenvalue weighted by molar-refractivity contribution is 6.34. The fraction of sp³-hybridized carbons (Fsp3) is 0.333. The first-order valence-corrected chi connectivity index (χ1v) is 7.39. The van der Waals surface area contributed by atoms with Crippen LogP contribution in [0.5, 0.6) is 11.5 Å². The lowest BCUT2D eigenvalue weighted by molar-refractivity contribution is 0.464. The van der Waals surface area contributed by atoms with Crippen LogP contribution in [0, 0.1) is 0 Å². The summed E-state index contributed by atoms with van der Waals surface area (Å²) in [4.78, 5) is 8.87. The SMILES string of the molecule is CNCc1nc(C(C)C)ncc1Oc1cc(Cl)cc(Cl)c1. The van der Waals surface area contributed by atoms with Crippen LogP contribution in [0.1, 0.15) is 31.3 Å². The number of benzene rings is 1. The van der Waals surface area contributed by atoms with Crippen LogP contribution in [0.2, 0.25) is 10.0 Å². The number of halogens is 2. The highest BCUT2D eigenvalue weighted by Gasteiger charge is 2.12. The Morgan fingerprint density at radius 2 is 1.86 bits per heavy atom. The van der Waals surface area contributed by atoms with E-state index >= 15 is 0 Å². The van der Waals surface area contributed by atoms with Gasteiger partial charge in [-0.1, -0.05) is 37.0 Å². The van der Waals surface area contributed by atoms with E-state index in [1.54, 1.807) is 24.4 Å². The van der Waals surface area contributed by atoms with Gasteiger partial charge in [0.15, 0.2) is 5.75 Å². The molecule has 0 spiro atoms. The first kappa shape index (κ1) is 16.0. The van der Waals surface area contributed by atoms with Gasteiger partial charge in [-0.05, 0) is 25.2 Å². The highest BCUT2D eigenvalue weighted by Crippen LogP contribution is 2.29. The van der Waals surface area contributed by atoms with Crippen LogP contribution in [-0.2, 0) is 6.54 Å². The van der Waals surface area contributed by atoms with Gasteiger partial charge in [0, 0.05) is 22.5 Å². The number of rotatable bonds is 5. The lowest BCUT2D eigenvalue weighted by Gasteiger charge is -2.13. The van der Waals surface area contributed by atoms with E-state index in [1.165, 1.54) is 0 Å². The fourth-order valence-electron chi connectivity index (χ4n) is 1.79. The zero-order valence-corrected chi connectivity index (χ0v) is 13.7. The van der Waals surface area contributed by atoms with Crippen molar-refractivity contribution >= 4 is 23.2 Å². The van der Waals surface area contributed by atoms with Gasteiger partial charge >= 0.3 is 0 Å². The van der Waals surface area contributed by atoms with Crippen molar-refractivity contribution in [3.05, 3.63) is 46.0 Å². The maximum Gasteiger partial charge on any atom is 0.168 e. The van der Waals surface area contributed by atoms with Crippen molar-refractivity contribution in [3.8, 4) is 11.5 Å². The van der Waals surface area contributed by atoms with Gasteiger partial charge in [-0.3, -0.25) is 0 Å². The molecule has 0 saturated carbocycles. The first-order chi connectivity index (χ1) is 9.99. The molecule has 0 aliphatic carbocycles. The standard InChI is InChI=1S/C15H17Cl2N3O/c1-9(2)15-19-8-14(13(20-15)7-18-3)21-12-5-10(16)4-11(17)6-12/h4-6,8-9,18H,7H2,1-3H3. The van der Waals surface area contributed by atoms with Crippen LogP contribution in [-0.4, -0.2) is 17.0 Å². The van der Waals surface area contributed by atoms with Gasteiger partial charge in [0.25, 0.3) is 0 Å². The molecule has 1 N–H and O–H groups in total. The monoisotopic (exact) mass is 325 g/mol. The predicted octanol–water partition coefficient (Wildman–Crippen LogP) is 4.42. The quantitative estimate of drug-likeness (QED) is 0.883. The molecule has 0 bridgehead atoms. The summed E-state index contributed by atoms with van der Waals surface area (Å²) in [5, 5.41) is 4.12. The molecule has 0 atom stereocenters. The van der Waals surface area contributed by atoms with Crippen LogP contribution < -0.4 is 10.1 Å². The van der Waals surface area contributed by atoms with Crippen molar-refractivity contribution in [2.24, 2.45) is 0 Å². The lowest BCUT2D eigenvalue weighted by Crippen LogP contribution is -2.11. The van der Waals surface area contributed by atoms with Crippen molar-refractivity contribution in [1.29, 1.82) is 0 Å². The van der Waals surface area contributed by atoms with Crippen LogP contribution in [0.3, 0.4) is 0 Å². The van der Waals surface area contributed by atoms with E-state index in [9.17, 15) is 0 Å². The molecule has 112 valence electrons. The van der Waals surface area contributed by atoms with Gasteiger partial charge in [0.2, 0.25) is 0 Å². The van der Waals surface area contributed by atoms with E-state index in [0.717, 1.165) is 11.5 Å². The van der Waals surface area contributed by atoms with Crippen molar-refractivity contribution in [2.45, 2.75) is 26.3 Å². The Labute approximate surface area is 134 Å². The zero-order valence-electron chi connectivity index (χ0n) is 12.2. The Morgan fingerprint density at radius 3 is 2.43 bits per heavy atom. The van der Waals surface area contributed by atoms with E-state index in [1.807, 2.05) is 7.05 Å². The second kappa shape index (κ2) is 7.07. The van der Waals surface area contributed by atoms with Gasteiger partial charge in [-0.25, -0.2) is 9.97 Å². The van der Waals surface area contributed by atoms with Gasteiger partial charge in [0.05, 0.1) is 6.20 Å². The number of ether oxygens (including phenoxy) is 1. The van der Waals surface area contributed by atoms with Crippen molar-refractivity contribution < 1.29 is 4.74 Å². The molecular weight excluding hydrogens is 309 g/mol. The number of aromatic nitrogens is 2. The Morgan fingerprint density at radius 1 is 1.19 bits per heavy atom. The normalized spacial score (nSPS) is 11.0. The van der Waals surface area contributed by atoms with E-state index in [-0.39, 0.29) is 5.92 Å². The smallest absolute Gasteiger partial charge is 0.168 e. The molecule has 2 aromatic rings. The second-order valence-electron chi connectivity index (χ2n) is 4.93. The molecule has 1 aromatic carbocycles. The molecule has 0 aliphatic heterocycles. The minimum absolute atomic E-state index is 0.260. The summed E-state index contributed by atoms with van der Waals surface area (Å²) in [5.41, 5.74) is 0.798. The summed E-state index contributed by atoms with van der Waals surface area (Å²) >= 11 is 12.0. The number of hydrogen-bond donors (Lipinski definition) is 1. The van der Waals surface area contributed by atoms with E-state index in [0.29, 0.717) is 28.1 Å². The maximum atomic E-state index is 5.98. The zero-order chi connectivity index (χ0) is 15.4. The summed E-state index contributed by atoms with van der Waals surface area (Å²) in [7, 11) is 1.86. The van der Waals surface area contributed by atoms with Crippen molar-refractivity contribution in [3.63, 3.8) is 0 Å². The number of nitrogens with zero attached hydrogens (tertiary/aromatic N) is 2. The van der Waals surface area contributed by atoms with E-state index < -0.39 is 0 Å². The summed E-state index contributed by atoms with van der Waals surface area (Å²) in [6.45, 7) is 4.69. The minimum atomic E-state index is 0.260. The Bertz CT molecular complexity index is 612. The maximum absolute atomic E-state index is 5.98. The van der Waals surface area contributed by atoms with Crippen LogP contribution in [0.4, 0.5) is 0 Å². The van der Waals surface area contributed by atoms with Crippen LogP contribution >= 0.6 is 23.2 Å². The third-order valence-corrected chi connectivity index (χ3v) is 3.21.